The quantitative estimate of drug-likeness (QED) is 0.859. The first-order valence-electron chi connectivity index (χ1n) is 4.84. The molecular formula is C10H12ClNO3S. The van der Waals surface area contributed by atoms with Crippen molar-refractivity contribution in [1.82, 2.24) is 5.32 Å². The van der Waals surface area contributed by atoms with Crippen LogP contribution in [-0.2, 0) is 14.9 Å². The van der Waals surface area contributed by atoms with E-state index in [9.17, 15) is 9.90 Å². The lowest BCUT2D eigenvalue weighted by Crippen LogP contribution is -2.62. The van der Waals surface area contributed by atoms with Gasteiger partial charge in [-0.3, -0.25) is 4.79 Å². The highest BCUT2D eigenvalue weighted by Gasteiger charge is 2.51. The first kappa shape index (κ1) is 11.9. The Kier molecular flexibility index (Phi) is 3.21. The minimum Gasteiger partial charge on any atom is -0.480 e. The fraction of sp³-hybridized carbons (Fsp3) is 0.500. The van der Waals surface area contributed by atoms with Gasteiger partial charge >= 0.3 is 5.97 Å². The minimum absolute atomic E-state index is 0.418. The van der Waals surface area contributed by atoms with E-state index in [0.29, 0.717) is 17.6 Å². The van der Waals surface area contributed by atoms with E-state index in [0.717, 1.165) is 4.88 Å². The minimum atomic E-state index is -0.865. The third kappa shape index (κ3) is 1.73. The van der Waals surface area contributed by atoms with Crippen molar-refractivity contribution >= 4 is 28.9 Å². The zero-order chi connectivity index (χ0) is 11.8. The number of carboxylic acid groups (broad SMARTS) is 1. The molecular weight excluding hydrogens is 250 g/mol. The third-order valence-corrected chi connectivity index (χ3v) is 4.32. The van der Waals surface area contributed by atoms with E-state index in [4.69, 9.17) is 16.3 Å². The van der Waals surface area contributed by atoms with Crippen LogP contribution in [0.2, 0.25) is 4.34 Å². The van der Waals surface area contributed by atoms with Gasteiger partial charge in [0.05, 0.1) is 23.0 Å². The second kappa shape index (κ2) is 4.33. The number of rotatable bonds is 4. The lowest BCUT2D eigenvalue weighted by atomic mass is 9.77. The predicted molar refractivity (Wildman–Crippen MR) is 62.3 cm³/mol. The van der Waals surface area contributed by atoms with Crippen molar-refractivity contribution in [1.29, 1.82) is 0 Å². The summed E-state index contributed by atoms with van der Waals surface area (Å²) < 4.78 is 5.86. The lowest BCUT2D eigenvalue weighted by molar-refractivity contribution is -0.150. The Bertz CT molecular complexity index is 403. The molecule has 0 aliphatic carbocycles. The van der Waals surface area contributed by atoms with E-state index in [-0.39, 0.29) is 0 Å². The van der Waals surface area contributed by atoms with Gasteiger partial charge in [0.2, 0.25) is 0 Å². The molecule has 4 nitrogen and oxygen atoms in total. The number of aliphatic carboxylic acids is 1. The molecule has 1 saturated heterocycles. The Morgan fingerprint density at radius 3 is 2.69 bits per heavy atom. The van der Waals surface area contributed by atoms with Gasteiger partial charge in [0.15, 0.2) is 0 Å². The van der Waals surface area contributed by atoms with E-state index in [1.807, 2.05) is 6.07 Å². The first-order chi connectivity index (χ1) is 7.60. The maximum absolute atomic E-state index is 11.2. The molecule has 0 spiro atoms. The summed E-state index contributed by atoms with van der Waals surface area (Å²) in [7, 11) is 1.65. The third-order valence-electron chi connectivity index (χ3n) is 2.87. The Balaban J connectivity index is 2.35. The molecule has 1 aromatic rings. The number of carboxylic acids is 1. The molecule has 88 valence electrons. The summed E-state index contributed by atoms with van der Waals surface area (Å²) in [5, 5.41) is 12.0. The molecule has 2 heterocycles. The van der Waals surface area contributed by atoms with E-state index >= 15 is 0 Å². The summed E-state index contributed by atoms with van der Waals surface area (Å²) >= 11 is 7.30. The number of hydrogen-bond acceptors (Lipinski definition) is 4. The van der Waals surface area contributed by atoms with Gasteiger partial charge in [-0.25, -0.2) is 0 Å². The summed E-state index contributed by atoms with van der Waals surface area (Å²) in [4.78, 5) is 12.2. The van der Waals surface area contributed by atoms with Crippen LogP contribution in [0.25, 0.3) is 0 Å². The molecule has 0 bridgehead atoms. The zero-order valence-electron chi connectivity index (χ0n) is 8.70. The van der Waals surface area contributed by atoms with Gasteiger partial charge in [0.1, 0.15) is 6.04 Å². The molecule has 1 atom stereocenters. The molecule has 0 amide bonds. The monoisotopic (exact) mass is 261 g/mol. The fourth-order valence-corrected chi connectivity index (χ4v) is 3.22. The first-order valence-corrected chi connectivity index (χ1v) is 6.03. The van der Waals surface area contributed by atoms with Crippen LogP contribution in [0.1, 0.15) is 4.88 Å². The topological polar surface area (TPSA) is 58.6 Å². The summed E-state index contributed by atoms with van der Waals surface area (Å²) in [6.45, 7) is 0.837. The van der Waals surface area contributed by atoms with Gasteiger partial charge in [-0.2, -0.15) is 0 Å². The number of thiophene rings is 1. The van der Waals surface area contributed by atoms with Gasteiger partial charge in [0, 0.05) is 4.88 Å². The maximum Gasteiger partial charge on any atom is 0.321 e. The Hall–Kier alpha value is -0.620. The van der Waals surface area contributed by atoms with Crippen molar-refractivity contribution in [2.24, 2.45) is 0 Å². The molecule has 2 N–H and O–H groups in total. The van der Waals surface area contributed by atoms with Crippen LogP contribution >= 0.6 is 22.9 Å². The summed E-state index contributed by atoms with van der Waals surface area (Å²) in [5.74, 6) is -0.865. The van der Waals surface area contributed by atoms with Gasteiger partial charge in [-0.15, -0.1) is 11.3 Å². The lowest BCUT2D eigenvalue weighted by Gasteiger charge is -2.44. The van der Waals surface area contributed by atoms with Gasteiger partial charge < -0.3 is 15.2 Å². The fourth-order valence-electron chi connectivity index (χ4n) is 1.99. The molecule has 1 aromatic heterocycles. The molecule has 0 aromatic carbocycles. The normalized spacial score (nSPS) is 20.1. The number of ether oxygens (including phenoxy) is 1. The van der Waals surface area contributed by atoms with Gasteiger partial charge in [-0.05, 0) is 19.2 Å². The van der Waals surface area contributed by atoms with E-state index in [2.05, 4.69) is 5.32 Å². The maximum atomic E-state index is 11.2. The SMILES string of the molecule is CNC(C(=O)O)C1(c2ccc(Cl)s2)COC1. The molecule has 1 aliphatic heterocycles. The van der Waals surface area contributed by atoms with Crippen molar-refractivity contribution in [3.63, 3.8) is 0 Å². The highest BCUT2D eigenvalue weighted by atomic mass is 35.5. The second-order valence-corrected chi connectivity index (χ2v) is 5.53. The smallest absolute Gasteiger partial charge is 0.321 e. The van der Waals surface area contributed by atoms with E-state index < -0.39 is 17.4 Å². The Morgan fingerprint density at radius 1 is 1.69 bits per heavy atom. The Morgan fingerprint density at radius 2 is 2.38 bits per heavy atom. The molecule has 0 radical (unpaired) electrons. The highest BCUT2D eigenvalue weighted by molar-refractivity contribution is 7.16. The van der Waals surface area contributed by atoms with Crippen molar-refractivity contribution in [2.75, 3.05) is 20.3 Å². The van der Waals surface area contributed by atoms with Crippen molar-refractivity contribution < 1.29 is 14.6 Å². The van der Waals surface area contributed by atoms with Crippen LogP contribution in [0.5, 0.6) is 0 Å². The van der Waals surface area contributed by atoms with E-state index in [1.165, 1.54) is 11.3 Å². The average molecular weight is 262 g/mol. The van der Waals surface area contributed by atoms with Crippen molar-refractivity contribution in [2.45, 2.75) is 11.5 Å². The molecule has 6 heteroatoms. The average Bonchev–Trinajstić information content (AvgIpc) is 2.57. The van der Waals surface area contributed by atoms with Crippen LogP contribution in [-0.4, -0.2) is 37.4 Å². The predicted octanol–water partition coefficient (Wildman–Crippen LogP) is 1.34. The molecule has 1 unspecified atom stereocenters. The molecule has 1 aliphatic rings. The number of carbonyl (C=O) groups is 1. The summed E-state index contributed by atoms with van der Waals surface area (Å²) in [5.41, 5.74) is -0.474. The molecule has 2 rings (SSSR count). The molecule has 0 saturated carbocycles. The number of likely N-dealkylation sites (N-methyl/N-ethyl adjacent to an activating group) is 1. The summed E-state index contributed by atoms with van der Waals surface area (Å²) in [6.07, 6.45) is 0. The van der Waals surface area contributed by atoms with Crippen molar-refractivity contribution in [3.05, 3.63) is 21.3 Å². The number of nitrogens with one attached hydrogen (secondary N) is 1. The van der Waals surface area contributed by atoms with Crippen LogP contribution in [0.4, 0.5) is 0 Å². The highest BCUT2D eigenvalue weighted by Crippen LogP contribution is 2.40. The largest absolute Gasteiger partial charge is 0.480 e. The second-order valence-electron chi connectivity index (χ2n) is 3.81. The Labute approximate surface area is 102 Å². The van der Waals surface area contributed by atoms with Crippen LogP contribution in [0.15, 0.2) is 12.1 Å². The van der Waals surface area contributed by atoms with Gasteiger partial charge in [0.25, 0.3) is 0 Å². The number of hydrogen-bond donors (Lipinski definition) is 2. The molecule has 16 heavy (non-hydrogen) atoms. The van der Waals surface area contributed by atoms with Crippen LogP contribution in [0.3, 0.4) is 0 Å². The van der Waals surface area contributed by atoms with E-state index in [1.54, 1.807) is 13.1 Å². The van der Waals surface area contributed by atoms with Crippen LogP contribution < -0.4 is 5.32 Å². The molecule has 1 fully saturated rings. The number of halogens is 1. The van der Waals surface area contributed by atoms with Crippen molar-refractivity contribution in [3.8, 4) is 0 Å². The van der Waals surface area contributed by atoms with Gasteiger partial charge in [-0.1, -0.05) is 11.6 Å². The van der Waals surface area contributed by atoms with Crippen LogP contribution in [0, 0.1) is 0 Å². The standard InChI is InChI=1S/C10H12ClNO3S/c1-12-8(9(13)14)10(4-15-5-10)6-2-3-7(11)16-6/h2-3,8,12H,4-5H2,1H3,(H,13,14). The zero-order valence-corrected chi connectivity index (χ0v) is 10.3. The summed E-state index contributed by atoms with van der Waals surface area (Å²) in [6, 6.07) is 3.02.